The molecule has 10 heteroatoms. The molecule has 2 heterocycles. The Hall–Kier alpha value is -3.07. The zero-order valence-corrected chi connectivity index (χ0v) is 16.0. The first kappa shape index (κ1) is 20.7. The predicted octanol–water partition coefficient (Wildman–Crippen LogP) is 3.78. The number of carbonyl (C=O) groups excluding carboxylic acids is 1. The number of rotatable bonds is 6. The lowest BCUT2D eigenvalue weighted by Crippen LogP contribution is -2.24. The molecule has 0 atom stereocenters. The molecule has 0 aliphatic rings. The standard InChI is InChI=1S/C19H16ClF3N4O2/c1-29-14-4-2-3-12(9-14)5-6-17(28)24-8-7-16-25-26-18-15(19(21,22)23)10-13(20)11-27(16)18/h2-6,9-11H,7-8H2,1H3,(H,24,28)/b6-5+. The molecule has 0 aliphatic heterocycles. The second-order valence-corrected chi connectivity index (χ2v) is 6.47. The van der Waals surface area contributed by atoms with Gasteiger partial charge in [-0.05, 0) is 29.8 Å². The van der Waals surface area contributed by atoms with Gasteiger partial charge < -0.3 is 10.1 Å². The number of halogens is 4. The Morgan fingerprint density at radius 3 is 2.83 bits per heavy atom. The number of fused-ring (bicyclic) bond motifs is 1. The maximum absolute atomic E-state index is 13.1. The summed E-state index contributed by atoms with van der Waals surface area (Å²) in [6.45, 7) is 0.163. The van der Waals surface area contributed by atoms with Crippen molar-refractivity contribution in [2.24, 2.45) is 0 Å². The molecule has 152 valence electrons. The minimum atomic E-state index is -4.60. The summed E-state index contributed by atoms with van der Waals surface area (Å²) in [5.41, 5.74) is -0.507. The number of hydrogen-bond acceptors (Lipinski definition) is 4. The number of nitrogens with one attached hydrogen (secondary N) is 1. The number of aromatic nitrogens is 3. The fourth-order valence-electron chi connectivity index (χ4n) is 2.66. The van der Waals surface area contributed by atoms with Crippen LogP contribution in [0.15, 0.2) is 42.6 Å². The van der Waals surface area contributed by atoms with E-state index in [-0.39, 0.29) is 35.4 Å². The van der Waals surface area contributed by atoms with Crippen LogP contribution in [0.1, 0.15) is 17.0 Å². The molecular weight excluding hydrogens is 409 g/mol. The number of ether oxygens (including phenoxy) is 1. The second kappa shape index (κ2) is 8.52. The Bertz CT molecular complexity index is 1060. The van der Waals surface area contributed by atoms with Crippen LogP contribution in [0.5, 0.6) is 5.75 Å². The maximum Gasteiger partial charge on any atom is 0.420 e. The number of methoxy groups -OCH3 is 1. The van der Waals surface area contributed by atoms with Gasteiger partial charge in [0.05, 0.1) is 12.1 Å². The molecule has 0 unspecified atom stereocenters. The molecule has 1 N–H and O–H groups in total. The number of amides is 1. The first-order valence-corrected chi connectivity index (χ1v) is 8.86. The normalized spacial score (nSPS) is 11.9. The first-order valence-electron chi connectivity index (χ1n) is 8.48. The minimum Gasteiger partial charge on any atom is -0.497 e. The van der Waals surface area contributed by atoms with Gasteiger partial charge in [-0.2, -0.15) is 13.2 Å². The lowest BCUT2D eigenvalue weighted by molar-refractivity contribution is -0.136. The van der Waals surface area contributed by atoms with E-state index >= 15 is 0 Å². The number of hydrogen-bond donors (Lipinski definition) is 1. The zero-order chi connectivity index (χ0) is 21.0. The third-order valence-corrected chi connectivity index (χ3v) is 4.22. The van der Waals surface area contributed by atoms with E-state index in [4.69, 9.17) is 16.3 Å². The van der Waals surface area contributed by atoms with Crippen LogP contribution in [0.25, 0.3) is 11.7 Å². The molecule has 1 amide bonds. The van der Waals surface area contributed by atoms with E-state index in [2.05, 4.69) is 15.5 Å². The summed E-state index contributed by atoms with van der Waals surface area (Å²) >= 11 is 5.80. The number of pyridine rings is 1. The molecule has 6 nitrogen and oxygen atoms in total. The SMILES string of the molecule is COc1cccc(/C=C/C(=O)NCCc2nnc3c(C(F)(F)F)cc(Cl)cn23)c1. The van der Waals surface area contributed by atoms with E-state index in [1.807, 2.05) is 6.07 Å². The van der Waals surface area contributed by atoms with E-state index in [0.717, 1.165) is 11.6 Å². The molecule has 0 fully saturated rings. The largest absolute Gasteiger partial charge is 0.497 e. The summed E-state index contributed by atoms with van der Waals surface area (Å²) in [6, 6.07) is 7.98. The molecule has 3 rings (SSSR count). The number of nitrogens with zero attached hydrogens (tertiary/aromatic N) is 3. The van der Waals surface area contributed by atoms with Crippen molar-refractivity contribution in [3.63, 3.8) is 0 Å². The summed E-state index contributed by atoms with van der Waals surface area (Å²) in [5.74, 6) is 0.573. The highest BCUT2D eigenvalue weighted by Gasteiger charge is 2.35. The summed E-state index contributed by atoms with van der Waals surface area (Å²) < 4.78 is 45.7. The average molecular weight is 425 g/mol. The highest BCUT2D eigenvalue weighted by molar-refractivity contribution is 6.30. The molecule has 0 spiro atoms. The third kappa shape index (κ3) is 5.05. The number of carbonyl (C=O) groups is 1. The van der Waals surface area contributed by atoms with Crippen LogP contribution in [0.4, 0.5) is 13.2 Å². The van der Waals surface area contributed by atoms with Crippen molar-refractivity contribution in [1.29, 1.82) is 0 Å². The Kier molecular flexibility index (Phi) is 6.07. The average Bonchev–Trinajstić information content (AvgIpc) is 3.08. The molecule has 0 radical (unpaired) electrons. The molecular formula is C19H16ClF3N4O2. The van der Waals surface area contributed by atoms with Gasteiger partial charge in [0.25, 0.3) is 0 Å². The summed E-state index contributed by atoms with van der Waals surface area (Å²) in [6.07, 6.45) is -0.131. The van der Waals surface area contributed by atoms with Gasteiger partial charge in [0.1, 0.15) is 17.1 Å². The Balaban J connectivity index is 1.64. The predicted molar refractivity (Wildman–Crippen MR) is 102 cm³/mol. The maximum atomic E-state index is 13.1. The molecule has 0 saturated carbocycles. The van der Waals surface area contributed by atoms with Gasteiger partial charge in [0.2, 0.25) is 5.91 Å². The quantitative estimate of drug-likeness (QED) is 0.611. The minimum absolute atomic E-state index is 0.0869. The van der Waals surface area contributed by atoms with Gasteiger partial charge in [-0.1, -0.05) is 23.7 Å². The van der Waals surface area contributed by atoms with Crippen molar-refractivity contribution >= 4 is 29.2 Å². The lowest BCUT2D eigenvalue weighted by Gasteiger charge is -2.09. The van der Waals surface area contributed by atoms with Crippen LogP contribution in [0.3, 0.4) is 0 Å². The Morgan fingerprint density at radius 2 is 2.10 bits per heavy atom. The van der Waals surface area contributed by atoms with Crippen molar-refractivity contribution in [3.05, 3.63) is 64.6 Å². The van der Waals surface area contributed by atoms with Gasteiger partial charge in [-0.15, -0.1) is 10.2 Å². The monoisotopic (exact) mass is 424 g/mol. The lowest BCUT2D eigenvalue weighted by atomic mass is 10.2. The van der Waals surface area contributed by atoms with Crippen LogP contribution in [0, 0.1) is 0 Å². The second-order valence-electron chi connectivity index (χ2n) is 6.03. The van der Waals surface area contributed by atoms with Crippen molar-refractivity contribution in [2.45, 2.75) is 12.6 Å². The topological polar surface area (TPSA) is 68.5 Å². The van der Waals surface area contributed by atoms with Crippen molar-refractivity contribution in [3.8, 4) is 5.75 Å². The summed E-state index contributed by atoms with van der Waals surface area (Å²) in [7, 11) is 1.55. The first-order chi connectivity index (χ1) is 13.8. The molecule has 1 aromatic carbocycles. The van der Waals surface area contributed by atoms with E-state index in [1.165, 1.54) is 16.7 Å². The Morgan fingerprint density at radius 1 is 1.31 bits per heavy atom. The molecule has 0 aliphatic carbocycles. The van der Waals surface area contributed by atoms with Gasteiger partial charge in [-0.3, -0.25) is 9.20 Å². The Labute approximate surface area is 169 Å². The highest BCUT2D eigenvalue weighted by atomic mass is 35.5. The fourth-order valence-corrected chi connectivity index (χ4v) is 2.87. The third-order valence-electron chi connectivity index (χ3n) is 4.02. The van der Waals surface area contributed by atoms with Crippen LogP contribution >= 0.6 is 11.6 Å². The molecule has 0 bridgehead atoms. The van der Waals surface area contributed by atoms with Crippen LogP contribution < -0.4 is 10.1 Å². The van der Waals surface area contributed by atoms with Gasteiger partial charge in [-0.25, -0.2) is 0 Å². The van der Waals surface area contributed by atoms with Crippen LogP contribution in [-0.4, -0.2) is 34.2 Å². The van der Waals surface area contributed by atoms with Gasteiger partial charge in [0.15, 0.2) is 5.65 Å². The number of benzene rings is 1. The molecule has 3 aromatic rings. The molecule has 0 saturated heterocycles. The zero-order valence-electron chi connectivity index (χ0n) is 15.2. The summed E-state index contributed by atoms with van der Waals surface area (Å²) in [4.78, 5) is 12.0. The fraction of sp³-hybridized carbons (Fsp3) is 0.211. The van der Waals surface area contributed by atoms with E-state index in [9.17, 15) is 18.0 Å². The van der Waals surface area contributed by atoms with Gasteiger partial charge in [0, 0.05) is 25.2 Å². The smallest absolute Gasteiger partial charge is 0.420 e. The van der Waals surface area contributed by atoms with Crippen molar-refractivity contribution < 1.29 is 22.7 Å². The van der Waals surface area contributed by atoms with Crippen LogP contribution in [-0.2, 0) is 17.4 Å². The van der Waals surface area contributed by atoms with Gasteiger partial charge >= 0.3 is 6.18 Å². The van der Waals surface area contributed by atoms with E-state index in [0.29, 0.717) is 5.75 Å². The summed E-state index contributed by atoms with van der Waals surface area (Å²) in [5, 5.41) is 9.97. The molecule has 2 aromatic heterocycles. The molecule has 29 heavy (non-hydrogen) atoms. The number of alkyl halides is 3. The van der Waals surface area contributed by atoms with Crippen molar-refractivity contribution in [1.82, 2.24) is 19.9 Å². The highest BCUT2D eigenvalue weighted by Crippen LogP contribution is 2.33. The van der Waals surface area contributed by atoms with E-state index in [1.54, 1.807) is 31.4 Å². The van der Waals surface area contributed by atoms with Crippen molar-refractivity contribution in [2.75, 3.05) is 13.7 Å². The van der Waals surface area contributed by atoms with Crippen LogP contribution in [0.2, 0.25) is 5.02 Å². The van der Waals surface area contributed by atoms with E-state index < -0.39 is 11.7 Å².